The maximum Gasteiger partial charge on any atom is 0.231 e. The van der Waals surface area contributed by atoms with Crippen molar-refractivity contribution >= 4 is 22.2 Å². The van der Waals surface area contributed by atoms with E-state index in [9.17, 15) is 4.79 Å². The average Bonchev–Trinajstić information content (AvgIpc) is 2.89. The number of hydrogen-bond acceptors (Lipinski definition) is 2. The van der Waals surface area contributed by atoms with E-state index in [1.54, 1.807) is 0 Å². The van der Waals surface area contributed by atoms with Crippen molar-refractivity contribution < 1.29 is 4.79 Å². The third kappa shape index (κ3) is 3.61. The van der Waals surface area contributed by atoms with Gasteiger partial charge in [0.2, 0.25) is 5.91 Å². The molecule has 26 heavy (non-hydrogen) atoms. The normalized spacial score (nSPS) is 20.7. The summed E-state index contributed by atoms with van der Waals surface area (Å²) < 4.78 is 0. The Labute approximate surface area is 164 Å². The van der Waals surface area contributed by atoms with Gasteiger partial charge in [-0.2, -0.15) is 0 Å². The number of aryl methyl sites for hydroxylation is 2. The summed E-state index contributed by atoms with van der Waals surface area (Å²) in [6, 6.07) is 2.34. The van der Waals surface area contributed by atoms with Crippen LogP contribution in [-0.2, 0) is 17.6 Å². The molecule has 0 radical (unpaired) electrons. The van der Waals surface area contributed by atoms with Crippen molar-refractivity contribution in [2.45, 2.75) is 92.4 Å². The summed E-state index contributed by atoms with van der Waals surface area (Å²) in [7, 11) is 0. The van der Waals surface area contributed by atoms with Crippen molar-refractivity contribution in [3.05, 3.63) is 16.5 Å². The van der Waals surface area contributed by atoms with Gasteiger partial charge in [-0.1, -0.05) is 60.3 Å². The molecule has 0 aromatic carbocycles. The zero-order chi connectivity index (χ0) is 18.9. The van der Waals surface area contributed by atoms with Gasteiger partial charge in [-0.3, -0.25) is 4.79 Å². The molecule has 0 unspecified atom stereocenters. The van der Waals surface area contributed by atoms with Crippen LogP contribution in [0.2, 0.25) is 0 Å². The minimum absolute atomic E-state index is 0.113. The van der Waals surface area contributed by atoms with Crippen molar-refractivity contribution in [2.75, 3.05) is 11.4 Å². The Bertz CT molecular complexity index is 605. The van der Waals surface area contributed by atoms with Gasteiger partial charge in [0.25, 0.3) is 0 Å². The SMILES string of the molecule is CCCCCCCN(C(=O)C1C(C)(C)C1(C)C)c1cc2c(s1)CCCC2. The van der Waals surface area contributed by atoms with Gasteiger partial charge in [0, 0.05) is 17.3 Å². The number of unbranched alkanes of at least 4 members (excludes halogenated alkanes) is 4. The van der Waals surface area contributed by atoms with Crippen LogP contribution in [0.4, 0.5) is 5.00 Å². The van der Waals surface area contributed by atoms with Gasteiger partial charge in [0.1, 0.15) is 0 Å². The first kappa shape index (κ1) is 19.9. The van der Waals surface area contributed by atoms with Gasteiger partial charge in [0.15, 0.2) is 0 Å². The molecule has 2 aliphatic carbocycles. The van der Waals surface area contributed by atoms with E-state index in [0.717, 1.165) is 13.0 Å². The Balaban J connectivity index is 1.76. The van der Waals surface area contributed by atoms with Gasteiger partial charge in [-0.15, -0.1) is 11.3 Å². The Morgan fingerprint density at radius 3 is 2.35 bits per heavy atom. The van der Waals surface area contributed by atoms with E-state index in [1.807, 2.05) is 11.3 Å². The van der Waals surface area contributed by atoms with Gasteiger partial charge in [-0.05, 0) is 54.6 Å². The predicted molar refractivity (Wildman–Crippen MR) is 113 cm³/mol. The number of hydrogen-bond donors (Lipinski definition) is 0. The van der Waals surface area contributed by atoms with Crippen molar-refractivity contribution in [3.63, 3.8) is 0 Å². The second-order valence-corrected chi connectivity index (χ2v) is 10.6. The lowest BCUT2D eigenvalue weighted by atomic mass is 9.99. The number of anilines is 1. The number of nitrogens with zero attached hydrogens (tertiary/aromatic N) is 1. The molecule has 0 N–H and O–H groups in total. The van der Waals surface area contributed by atoms with Crippen LogP contribution in [0, 0.1) is 16.7 Å². The molecule has 1 amide bonds. The first-order valence-electron chi connectivity index (χ1n) is 10.7. The van der Waals surface area contributed by atoms with Gasteiger partial charge in [-0.25, -0.2) is 0 Å². The average molecular weight is 376 g/mol. The molecule has 1 aromatic heterocycles. The molecule has 0 spiro atoms. The molecule has 2 nitrogen and oxygen atoms in total. The van der Waals surface area contributed by atoms with Crippen LogP contribution in [0.25, 0.3) is 0 Å². The van der Waals surface area contributed by atoms with E-state index in [0.29, 0.717) is 5.91 Å². The maximum absolute atomic E-state index is 13.5. The highest BCUT2D eigenvalue weighted by molar-refractivity contribution is 7.16. The van der Waals surface area contributed by atoms with Crippen LogP contribution < -0.4 is 4.90 Å². The topological polar surface area (TPSA) is 20.3 Å². The minimum Gasteiger partial charge on any atom is -0.304 e. The fourth-order valence-electron chi connectivity index (χ4n) is 4.78. The first-order chi connectivity index (χ1) is 12.3. The van der Waals surface area contributed by atoms with E-state index in [-0.39, 0.29) is 16.7 Å². The van der Waals surface area contributed by atoms with Gasteiger partial charge < -0.3 is 4.90 Å². The molecule has 1 aromatic rings. The zero-order valence-corrected chi connectivity index (χ0v) is 18.3. The Hall–Kier alpha value is -0.830. The number of fused-ring (bicyclic) bond motifs is 1. The number of carbonyl (C=O) groups is 1. The standard InChI is InChI=1S/C23H37NOS/c1-6-7-8-9-12-15-24(21(25)20-22(2,3)23(20,4)5)19-16-17-13-10-11-14-18(17)26-19/h16,20H,6-15H2,1-5H3. The first-order valence-corrected chi connectivity index (χ1v) is 11.5. The molecule has 0 saturated heterocycles. The van der Waals surface area contributed by atoms with E-state index in [4.69, 9.17) is 0 Å². The van der Waals surface area contributed by atoms with Crippen molar-refractivity contribution in [3.8, 4) is 0 Å². The Morgan fingerprint density at radius 2 is 1.73 bits per heavy atom. The van der Waals surface area contributed by atoms with Gasteiger partial charge in [0.05, 0.1) is 5.00 Å². The molecule has 1 fully saturated rings. The molecule has 3 heteroatoms. The van der Waals surface area contributed by atoms with Crippen LogP contribution in [0.3, 0.4) is 0 Å². The van der Waals surface area contributed by atoms with Crippen molar-refractivity contribution in [1.82, 2.24) is 0 Å². The summed E-state index contributed by atoms with van der Waals surface area (Å²) in [4.78, 5) is 17.2. The number of carbonyl (C=O) groups excluding carboxylic acids is 1. The van der Waals surface area contributed by atoms with E-state index in [1.165, 1.54) is 66.8 Å². The van der Waals surface area contributed by atoms with Crippen LogP contribution >= 0.6 is 11.3 Å². The number of rotatable bonds is 8. The molecular weight excluding hydrogens is 338 g/mol. The largest absolute Gasteiger partial charge is 0.304 e. The fourth-order valence-corrected chi connectivity index (χ4v) is 6.06. The maximum atomic E-state index is 13.5. The lowest BCUT2D eigenvalue weighted by Gasteiger charge is -2.22. The lowest BCUT2D eigenvalue weighted by Crippen LogP contribution is -2.34. The molecule has 1 saturated carbocycles. The van der Waals surface area contributed by atoms with Crippen LogP contribution in [-0.4, -0.2) is 12.5 Å². The monoisotopic (exact) mass is 375 g/mol. The van der Waals surface area contributed by atoms with E-state index >= 15 is 0 Å². The van der Waals surface area contributed by atoms with Crippen molar-refractivity contribution in [1.29, 1.82) is 0 Å². The molecule has 2 aliphatic rings. The summed E-state index contributed by atoms with van der Waals surface area (Å²) in [5.41, 5.74) is 1.73. The highest BCUT2D eigenvalue weighted by atomic mass is 32.1. The molecule has 0 bridgehead atoms. The second-order valence-electron chi connectivity index (χ2n) is 9.52. The quantitative estimate of drug-likeness (QED) is 0.468. The number of amides is 1. The van der Waals surface area contributed by atoms with E-state index < -0.39 is 0 Å². The molecular formula is C23H37NOS. The summed E-state index contributed by atoms with van der Waals surface area (Å²) in [6.07, 6.45) is 11.2. The fraction of sp³-hybridized carbons (Fsp3) is 0.783. The third-order valence-electron chi connectivity index (χ3n) is 7.27. The van der Waals surface area contributed by atoms with Crippen LogP contribution in [0.1, 0.15) is 90.0 Å². The molecule has 146 valence electrons. The summed E-state index contributed by atoms with van der Waals surface area (Å²) >= 11 is 1.89. The molecule has 0 aliphatic heterocycles. The molecule has 3 rings (SSSR count). The lowest BCUT2D eigenvalue weighted by molar-refractivity contribution is -0.120. The zero-order valence-electron chi connectivity index (χ0n) is 17.5. The second kappa shape index (κ2) is 7.66. The third-order valence-corrected chi connectivity index (χ3v) is 8.53. The molecule has 0 atom stereocenters. The molecule has 1 heterocycles. The Morgan fingerprint density at radius 1 is 1.08 bits per heavy atom. The number of thiophene rings is 1. The summed E-state index contributed by atoms with van der Waals surface area (Å²) in [5, 5.41) is 1.22. The predicted octanol–water partition coefficient (Wildman–Crippen LogP) is 6.61. The van der Waals surface area contributed by atoms with Crippen LogP contribution in [0.15, 0.2) is 6.07 Å². The Kier molecular flexibility index (Phi) is 5.86. The summed E-state index contributed by atoms with van der Waals surface area (Å²) in [5.74, 6) is 0.527. The smallest absolute Gasteiger partial charge is 0.231 e. The van der Waals surface area contributed by atoms with Crippen molar-refractivity contribution in [2.24, 2.45) is 16.7 Å². The van der Waals surface area contributed by atoms with E-state index in [2.05, 4.69) is 45.6 Å². The highest BCUT2D eigenvalue weighted by Crippen LogP contribution is 2.69. The minimum atomic E-state index is 0.113. The highest BCUT2D eigenvalue weighted by Gasteiger charge is 2.68. The van der Waals surface area contributed by atoms with Crippen LogP contribution in [0.5, 0.6) is 0 Å². The summed E-state index contributed by atoms with van der Waals surface area (Å²) in [6.45, 7) is 12.2. The van der Waals surface area contributed by atoms with Gasteiger partial charge >= 0.3 is 0 Å².